The lowest BCUT2D eigenvalue weighted by Crippen LogP contribution is -2.30. The van der Waals surface area contributed by atoms with E-state index in [-0.39, 0.29) is 24.0 Å². The molecule has 168 valence electrons. The number of benzene rings is 2. The molecule has 3 N–H and O–H groups in total. The number of hydrogen-bond donors (Lipinski definition) is 3. The molecule has 0 spiro atoms. The van der Waals surface area contributed by atoms with Gasteiger partial charge in [0, 0.05) is 29.9 Å². The number of nitrogens with zero attached hydrogens (tertiary/aromatic N) is 2. The van der Waals surface area contributed by atoms with Crippen LogP contribution in [0.15, 0.2) is 42.5 Å². The van der Waals surface area contributed by atoms with Gasteiger partial charge >= 0.3 is 0 Å². The summed E-state index contributed by atoms with van der Waals surface area (Å²) >= 11 is 12.1. The normalized spacial score (nSPS) is 10.8. The van der Waals surface area contributed by atoms with Gasteiger partial charge in [-0.1, -0.05) is 29.3 Å². The van der Waals surface area contributed by atoms with E-state index >= 15 is 0 Å². The van der Waals surface area contributed by atoms with E-state index in [9.17, 15) is 14.7 Å². The molecule has 0 bridgehead atoms. The van der Waals surface area contributed by atoms with Gasteiger partial charge in [-0.15, -0.1) is 0 Å². The van der Waals surface area contributed by atoms with E-state index in [1.807, 2.05) is 19.9 Å². The molecule has 1 heterocycles. The predicted octanol–water partition coefficient (Wildman–Crippen LogP) is 3.98. The Labute approximate surface area is 196 Å². The van der Waals surface area contributed by atoms with Gasteiger partial charge in [0.2, 0.25) is 5.91 Å². The van der Waals surface area contributed by atoms with Gasteiger partial charge in [-0.05, 0) is 56.7 Å². The van der Waals surface area contributed by atoms with Crippen molar-refractivity contribution < 1.29 is 14.7 Å². The second-order valence-electron chi connectivity index (χ2n) is 7.35. The number of hydrogen-bond acceptors (Lipinski definition) is 4. The molecule has 0 atom stereocenters. The summed E-state index contributed by atoms with van der Waals surface area (Å²) in [5.74, 6) is -0.352. The van der Waals surface area contributed by atoms with Gasteiger partial charge in [-0.25, -0.2) is 4.68 Å². The minimum Gasteiger partial charge on any atom is -0.508 e. The van der Waals surface area contributed by atoms with E-state index in [1.165, 1.54) is 12.1 Å². The minimum atomic E-state index is -0.270. The largest absolute Gasteiger partial charge is 0.508 e. The molecule has 9 heteroatoms. The zero-order valence-electron chi connectivity index (χ0n) is 17.8. The van der Waals surface area contributed by atoms with Crippen molar-refractivity contribution in [3.8, 4) is 11.4 Å². The predicted molar refractivity (Wildman–Crippen MR) is 125 cm³/mol. The molecule has 0 aliphatic carbocycles. The average molecular weight is 475 g/mol. The molecule has 3 rings (SSSR count). The van der Waals surface area contributed by atoms with Crippen LogP contribution in [0.5, 0.6) is 5.75 Å². The van der Waals surface area contributed by atoms with Crippen LogP contribution in [-0.4, -0.2) is 39.8 Å². The SMILES string of the molecule is Cc1nn(-c2ccc(Cl)c(Cl)c2)c(C)c1CC(=O)NCCCNC(=O)c1cccc(O)c1. The van der Waals surface area contributed by atoms with Crippen LogP contribution in [0, 0.1) is 13.8 Å². The molecule has 32 heavy (non-hydrogen) atoms. The third-order valence-electron chi connectivity index (χ3n) is 5.00. The first kappa shape index (κ1) is 23.6. The van der Waals surface area contributed by atoms with Crippen LogP contribution in [0.25, 0.3) is 5.69 Å². The summed E-state index contributed by atoms with van der Waals surface area (Å²) in [4.78, 5) is 24.5. The van der Waals surface area contributed by atoms with Crippen molar-refractivity contribution in [3.63, 3.8) is 0 Å². The van der Waals surface area contributed by atoms with Crippen LogP contribution in [-0.2, 0) is 11.2 Å². The Morgan fingerprint density at radius 1 is 1.03 bits per heavy atom. The fourth-order valence-corrected chi connectivity index (χ4v) is 3.58. The van der Waals surface area contributed by atoms with Crippen LogP contribution in [0.3, 0.4) is 0 Å². The first-order valence-corrected chi connectivity index (χ1v) is 10.9. The van der Waals surface area contributed by atoms with Crippen LogP contribution < -0.4 is 10.6 Å². The van der Waals surface area contributed by atoms with Gasteiger partial charge in [0.1, 0.15) is 5.75 Å². The summed E-state index contributed by atoms with van der Waals surface area (Å²) in [7, 11) is 0. The Bertz CT molecular complexity index is 1140. The van der Waals surface area contributed by atoms with Gasteiger partial charge in [-0.2, -0.15) is 5.10 Å². The lowest BCUT2D eigenvalue weighted by molar-refractivity contribution is -0.120. The standard InChI is InChI=1S/C23H24Cl2N4O3/c1-14-19(15(2)29(28-14)17-7-8-20(24)21(25)12-17)13-22(31)26-9-4-10-27-23(32)16-5-3-6-18(30)11-16/h3,5-8,11-12,30H,4,9-10,13H2,1-2H3,(H,26,31)(H,27,32). The fraction of sp³-hybridized carbons (Fsp3) is 0.261. The minimum absolute atomic E-state index is 0.0398. The van der Waals surface area contributed by atoms with Crippen molar-refractivity contribution >= 4 is 35.0 Å². The summed E-state index contributed by atoms with van der Waals surface area (Å²) in [6, 6.07) is 11.4. The van der Waals surface area contributed by atoms with Crippen LogP contribution >= 0.6 is 23.2 Å². The van der Waals surface area contributed by atoms with Crippen LogP contribution in [0.1, 0.15) is 33.7 Å². The van der Waals surface area contributed by atoms with E-state index < -0.39 is 0 Å². The molecular weight excluding hydrogens is 451 g/mol. The monoisotopic (exact) mass is 474 g/mol. The average Bonchev–Trinajstić information content (AvgIpc) is 3.03. The highest BCUT2D eigenvalue weighted by Crippen LogP contribution is 2.26. The number of amides is 2. The number of phenolic OH excluding ortho intramolecular Hbond substituents is 1. The number of rotatable bonds is 8. The van der Waals surface area contributed by atoms with Crippen molar-refractivity contribution in [3.05, 3.63) is 75.0 Å². The number of carbonyl (C=O) groups excluding carboxylic acids is 2. The maximum absolute atomic E-state index is 12.4. The lowest BCUT2D eigenvalue weighted by Gasteiger charge is -2.08. The van der Waals surface area contributed by atoms with E-state index in [0.717, 1.165) is 22.6 Å². The summed E-state index contributed by atoms with van der Waals surface area (Å²) in [6.07, 6.45) is 0.783. The first-order valence-electron chi connectivity index (χ1n) is 10.1. The van der Waals surface area contributed by atoms with Gasteiger partial charge in [0.05, 0.1) is 27.8 Å². The summed E-state index contributed by atoms with van der Waals surface area (Å²) in [5.41, 5.74) is 3.63. The topological polar surface area (TPSA) is 96.3 Å². The third kappa shape index (κ3) is 5.81. The highest BCUT2D eigenvalue weighted by Gasteiger charge is 2.16. The van der Waals surface area contributed by atoms with Crippen molar-refractivity contribution in [2.24, 2.45) is 0 Å². The highest BCUT2D eigenvalue weighted by atomic mass is 35.5. The van der Waals surface area contributed by atoms with Gasteiger partial charge in [-0.3, -0.25) is 9.59 Å². The zero-order valence-corrected chi connectivity index (χ0v) is 19.3. The number of aryl methyl sites for hydroxylation is 1. The number of nitrogens with one attached hydrogen (secondary N) is 2. The second-order valence-corrected chi connectivity index (χ2v) is 8.16. The number of halogens is 2. The van der Waals surface area contributed by atoms with Crippen molar-refractivity contribution in [2.45, 2.75) is 26.7 Å². The molecule has 7 nitrogen and oxygen atoms in total. The van der Waals surface area contributed by atoms with Crippen molar-refractivity contribution in [1.82, 2.24) is 20.4 Å². The Balaban J connectivity index is 1.49. The van der Waals surface area contributed by atoms with Crippen LogP contribution in [0.4, 0.5) is 0 Å². The van der Waals surface area contributed by atoms with Gasteiger partial charge in [0.25, 0.3) is 5.91 Å². The van der Waals surface area contributed by atoms with Gasteiger partial charge in [0.15, 0.2) is 0 Å². The Morgan fingerprint density at radius 3 is 2.50 bits per heavy atom. The van der Waals surface area contributed by atoms with Gasteiger partial charge < -0.3 is 15.7 Å². The first-order chi connectivity index (χ1) is 15.3. The molecule has 0 saturated carbocycles. The number of aromatic nitrogens is 2. The zero-order chi connectivity index (χ0) is 23.3. The molecule has 0 aliphatic heterocycles. The molecule has 0 radical (unpaired) electrons. The molecule has 2 aromatic carbocycles. The van der Waals surface area contributed by atoms with E-state index in [0.29, 0.717) is 35.1 Å². The van der Waals surface area contributed by atoms with Crippen molar-refractivity contribution in [1.29, 1.82) is 0 Å². The fourth-order valence-electron chi connectivity index (χ4n) is 3.29. The summed E-state index contributed by atoms with van der Waals surface area (Å²) < 4.78 is 1.75. The number of carbonyl (C=O) groups is 2. The number of phenols is 1. The summed E-state index contributed by atoms with van der Waals surface area (Å²) in [6.45, 7) is 4.60. The molecule has 0 aliphatic rings. The molecule has 0 unspecified atom stereocenters. The third-order valence-corrected chi connectivity index (χ3v) is 5.73. The summed E-state index contributed by atoms with van der Waals surface area (Å²) in [5, 5.41) is 20.5. The Hall–Kier alpha value is -3.03. The second kappa shape index (κ2) is 10.5. The number of aromatic hydroxyl groups is 1. The van der Waals surface area contributed by atoms with Crippen molar-refractivity contribution in [2.75, 3.05) is 13.1 Å². The van der Waals surface area contributed by atoms with E-state index in [4.69, 9.17) is 23.2 Å². The quantitative estimate of drug-likeness (QED) is 0.430. The Morgan fingerprint density at radius 2 is 1.78 bits per heavy atom. The molecule has 2 amide bonds. The molecule has 1 aromatic heterocycles. The molecule has 3 aromatic rings. The maximum atomic E-state index is 12.4. The maximum Gasteiger partial charge on any atom is 0.251 e. The molecule has 0 fully saturated rings. The highest BCUT2D eigenvalue weighted by molar-refractivity contribution is 6.42. The van der Waals surface area contributed by atoms with Crippen LogP contribution in [0.2, 0.25) is 10.0 Å². The van der Waals surface area contributed by atoms with E-state index in [1.54, 1.807) is 28.9 Å². The smallest absolute Gasteiger partial charge is 0.251 e. The van der Waals surface area contributed by atoms with E-state index in [2.05, 4.69) is 15.7 Å². The molecule has 0 saturated heterocycles. The Kier molecular flexibility index (Phi) is 7.77. The lowest BCUT2D eigenvalue weighted by atomic mass is 10.1. The molecular formula is C23H24Cl2N4O3.